The summed E-state index contributed by atoms with van der Waals surface area (Å²) in [5.74, 6) is 1.02. The van der Waals surface area contributed by atoms with Gasteiger partial charge in [0.25, 0.3) is 0 Å². The van der Waals surface area contributed by atoms with Crippen molar-refractivity contribution in [1.82, 2.24) is 0 Å². The van der Waals surface area contributed by atoms with Crippen molar-refractivity contribution >= 4 is 5.69 Å². The van der Waals surface area contributed by atoms with E-state index in [2.05, 4.69) is 36.1 Å². The largest absolute Gasteiger partial charge is 0.494 e. The Hall–Kier alpha value is -1.18. The van der Waals surface area contributed by atoms with Crippen LogP contribution in [0.1, 0.15) is 58.3 Å². The molecule has 0 saturated carbocycles. The highest BCUT2D eigenvalue weighted by Crippen LogP contribution is 2.23. The number of unbranched alkanes of at least 4 members (excludes halogenated alkanes) is 5. The van der Waals surface area contributed by atoms with Gasteiger partial charge in [-0.3, -0.25) is 0 Å². The first-order valence-corrected chi connectivity index (χ1v) is 8.38. The van der Waals surface area contributed by atoms with Gasteiger partial charge in [-0.2, -0.15) is 0 Å². The minimum atomic E-state index is 0.856. The Kier molecular flexibility index (Phi) is 6.76. The molecular formula is C18H29NO. The van der Waals surface area contributed by atoms with Crippen LogP contribution >= 0.6 is 0 Å². The minimum absolute atomic E-state index is 0.856. The maximum absolute atomic E-state index is 5.81. The van der Waals surface area contributed by atoms with Gasteiger partial charge < -0.3 is 9.64 Å². The van der Waals surface area contributed by atoms with Crippen LogP contribution in [0.5, 0.6) is 5.75 Å². The van der Waals surface area contributed by atoms with Gasteiger partial charge in [0.2, 0.25) is 0 Å². The van der Waals surface area contributed by atoms with Crippen molar-refractivity contribution in [3.8, 4) is 5.75 Å². The Morgan fingerprint density at radius 3 is 2.25 bits per heavy atom. The Morgan fingerprint density at radius 2 is 1.55 bits per heavy atom. The standard InChI is InChI=1S/C18H29NO/c1-2-3-4-5-6-9-16-20-18-12-10-17(11-13-18)19-14-7-8-15-19/h10-13H,2-9,14-16H2,1H3. The second kappa shape index (κ2) is 8.89. The summed E-state index contributed by atoms with van der Waals surface area (Å²) >= 11 is 0. The van der Waals surface area contributed by atoms with E-state index in [4.69, 9.17) is 4.74 Å². The van der Waals surface area contributed by atoms with E-state index < -0.39 is 0 Å². The highest BCUT2D eigenvalue weighted by atomic mass is 16.5. The molecule has 20 heavy (non-hydrogen) atoms. The molecule has 2 heteroatoms. The van der Waals surface area contributed by atoms with Crippen LogP contribution in [0.25, 0.3) is 0 Å². The van der Waals surface area contributed by atoms with E-state index in [1.807, 2.05) is 0 Å². The average Bonchev–Trinajstić information content (AvgIpc) is 3.01. The Labute approximate surface area is 124 Å². The molecule has 0 N–H and O–H groups in total. The molecule has 0 radical (unpaired) electrons. The lowest BCUT2D eigenvalue weighted by Crippen LogP contribution is -2.17. The fourth-order valence-electron chi connectivity index (χ4n) is 2.80. The minimum Gasteiger partial charge on any atom is -0.494 e. The summed E-state index contributed by atoms with van der Waals surface area (Å²) in [7, 11) is 0. The van der Waals surface area contributed by atoms with E-state index >= 15 is 0 Å². The van der Waals surface area contributed by atoms with Crippen molar-refractivity contribution in [2.75, 3.05) is 24.6 Å². The molecule has 0 aliphatic carbocycles. The van der Waals surface area contributed by atoms with Crippen molar-refractivity contribution in [2.45, 2.75) is 58.3 Å². The lowest BCUT2D eigenvalue weighted by atomic mass is 10.1. The third-order valence-electron chi connectivity index (χ3n) is 4.07. The van der Waals surface area contributed by atoms with E-state index in [0.29, 0.717) is 0 Å². The first-order chi connectivity index (χ1) is 9.90. The van der Waals surface area contributed by atoms with Crippen molar-refractivity contribution in [3.63, 3.8) is 0 Å². The van der Waals surface area contributed by atoms with E-state index in [0.717, 1.165) is 12.4 Å². The normalized spacial score (nSPS) is 14.8. The molecule has 0 unspecified atom stereocenters. The molecule has 1 saturated heterocycles. The number of anilines is 1. The summed E-state index contributed by atoms with van der Waals surface area (Å²) in [5, 5.41) is 0. The summed E-state index contributed by atoms with van der Waals surface area (Å²) in [4.78, 5) is 2.46. The van der Waals surface area contributed by atoms with Gasteiger partial charge >= 0.3 is 0 Å². The number of ether oxygens (including phenoxy) is 1. The lowest BCUT2D eigenvalue weighted by molar-refractivity contribution is 0.304. The van der Waals surface area contributed by atoms with Crippen LogP contribution < -0.4 is 9.64 Å². The van der Waals surface area contributed by atoms with Gasteiger partial charge in [0, 0.05) is 18.8 Å². The van der Waals surface area contributed by atoms with Crippen LogP contribution in [0.4, 0.5) is 5.69 Å². The monoisotopic (exact) mass is 275 g/mol. The molecule has 1 aliphatic rings. The number of hydrogen-bond acceptors (Lipinski definition) is 2. The molecule has 0 aromatic heterocycles. The highest BCUT2D eigenvalue weighted by molar-refractivity contribution is 5.49. The van der Waals surface area contributed by atoms with Crippen LogP contribution in [-0.4, -0.2) is 19.7 Å². The molecule has 0 atom stereocenters. The zero-order chi connectivity index (χ0) is 14.0. The van der Waals surface area contributed by atoms with Gasteiger partial charge in [-0.25, -0.2) is 0 Å². The number of rotatable bonds is 9. The van der Waals surface area contributed by atoms with Crippen LogP contribution in [0, 0.1) is 0 Å². The first kappa shape index (κ1) is 15.2. The summed E-state index contributed by atoms with van der Waals surface area (Å²) in [6.07, 6.45) is 10.6. The van der Waals surface area contributed by atoms with Gasteiger partial charge in [0.15, 0.2) is 0 Å². The number of benzene rings is 1. The molecule has 1 aromatic rings. The molecule has 1 heterocycles. The Bertz CT molecular complexity index is 354. The van der Waals surface area contributed by atoms with Crippen molar-refractivity contribution in [2.24, 2.45) is 0 Å². The fraction of sp³-hybridized carbons (Fsp3) is 0.667. The summed E-state index contributed by atoms with van der Waals surface area (Å²) in [5.41, 5.74) is 1.34. The molecule has 0 spiro atoms. The molecule has 0 amide bonds. The van der Waals surface area contributed by atoms with E-state index in [-0.39, 0.29) is 0 Å². The van der Waals surface area contributed by atoms with Gasteiger partial charge in [0.1, 0.15) is 5.75 Å². The summed E-state index contributed by atoms with van der Waals surface area (Å²) in [6.45, 7) is 5.53. The number of hydrogen-bond donors (Lipinski definition) is 0. The molecule has 2 nitrogen and oxygen atoms in total. The first-order valence-electron chi connectivity index (χ1n) is 8.38. The van der Waals surface area contributed by atoms with Gasteiger partial charge in [-0.15, -0.1) is 0 Å². The fourth-order valence-corrected chi connectivity index (χ4v) is 2.80. The zero-order valence-corrected chi connectivity index (χ0v) is 12.9. The van der Waals surface area contributed by atoms with E-state index in [9.17, 15) is 0 Å². The van der Waals surface area contributed by atoms with Gasteiger partial charge in [-0.05, 0) is 43.5 Å². The third-order valence-corrected chi connectivity index (χ3v) is 4.07. The maximum atomic E-state index is 5.81. The SMILES string of the molecule is CCCCCCCCOc1ccc(N2CCCC2)cc1. The predicted octanol–water partition coefficient (Wildman–Crippen LogP) is 5.03. The molecule has 1 aromatic carbocycles. The summed E-state index contributed by atoms with van der Waals surface area (Å²) in [6, 6.07) is 8.62. The highest BCUT2D eigenvalue weighted by Gasteiger charge is 2.11. The number of nitrogens with zero attached hydrogens (tertiary/aromatic N) is 1. The topological polar surface area (TPSA) is 12.5 Å². The van der Waals surface area contributed by atoms with Crippen LogP contribution in [0.3, 0.4) is 0 Å². The van der Waals surface area contributed by atoms with Crippen LogP contribution in [-0.2, 0) is 0 Å². The molecule has 0 bridgehead atoms. The van der Waals surface area contributed by atoms with Gasteiger partial charge in [0.05, 0.1) is 6.61 Å². The smallest absolute Gasteiger partial charge is 0.119 e. The second-order valence-corrected chi connectivity index (χ2v) is 5.80. The van der Waals surface area contributed by atoms with E-state index in [1.54, 1.807) is 0 Å². The second-order valence-electron chi connectivity index (χ2n) is 5.80. The third kappa shape index (κ3) is 5.07. The molecular weight excluding hydrogens is 246 g/mol. The molecule has 1 aliphatic heterocycles. The Balaban J connectivity index is 1.61. The van der Waals surface area contributed by atoms with Crippen molar-refractivity contribution < 1.29 is 4.74 Å². The van der Waals surface area contributed by atoms with Crippen LogP contribution in [0.2, 0.25) is 0 Å². The molecule has 2 rings (SSSR count). The van der Waals surface area contributed by atoms with E-state index in [1.165, 1.54) is 70.1 Å². The molecule has 112 valence electrons. The molecule has 1 fully saturated rings. The Morgan fingerprint density at radius 1 is 0.900 bits per heavy atom. The zero-order valence-electron chi connectivity index (χ0n) is 12.9. The lowest BCUT2D eigenvalue weighted by Gasteiger charge is -2.17. The van der Waals surface area contributed by atoms with Gasteiger partial charge in [-0.1, -0.05) is 39.0 Å². The quantitative estimate of drug-likeness (QED) is 0.586. The maximum Gasteiger partial charge on any atom is 0.119 e. The van der Waals surface area contributed by atoms with Crippen LogP contribution in [0.15, 0.2) is 24.3 Å². The van der Waals surface area contributed by atoms with Crippen molar-refractivity contribution in [3.05, 3.63) is 24.3 Å². The van der Waals surface area contributed by atoms with Crippen molar-refractivity contribution in [1.29, 1.82) is 0 Å². The average molecular weight is 275 g/mol. The predicted molar refractivity (Wildman–Crippen MR) is 86.8 cm³/mol. The summed E-state index contributed by atoms with van der Waals surface area (Å²) < 4.78 is 5.81.